The molecule has 1 amide bonds. The largest absolute Gasteiger partial charge is 0.389 e. The van der Waals surface area contributed by atoms with Gasteiger partial charge in [0.25, 0.3) is 0 Å². The van der Waals surface area contributed by atoms with Crippen molar-refractivity contribution in [2.24, 2.45) is 0 Å². The topological polar surface area (TPSA) is 70.6 Å². The average Bonchev–Trinajstić information content (AvgIpc) is 2.47. The molecule has 0 fully saturated rings. The number of carbonyl (C=O) groups is 1. The molecule has 1 rings (SSSR count). The van der Waals surface area contributed by atoms with E-state index in [0.717, 1.165) is 0 Å². The summed E-state index contributed by atoms with van der Waals surface area (Å²) in [5.41, 5.74) is 0.452. The Kier molecular flexibility index (Phi) is 7.89. The summed E-state index contributed by atoms with van der Waals surface area (Å²) in [6, 6.07) is 5.96. The fourth-order valence-corrected chi connectivity index (χ4v) is 1.71. The zero-order valence-electron chi connectivity index (χ0n) is 12.4. The second kappa shape index (κ2) is 9.44. The van der Waals surface area contributed by atoms with E-state index in [1.807, 2.05) is 6.92 Å². The maximum atomic E-state index is 13.3. The number of rotatable bonds is 9. The molecule has 2 atom stereocenters. The molecule has 0 spiro atoms. The minimum atomic E-state index is -0.756. The fourth-order valence-electron chi connectivity index (χ4n) is 1.71. The molecule has 1 aromatic rings. The van der Waals surface area contributed by atoms with Crippen LogP contribution in [-0.2, 0) is 16.1 Å². The molecule has 5 nitrogen and oxygen atoms in total. The van der Waals surface area contributed by atoms with Gasteiger partial charge in [0.15, 0.2) is 0 Å². The maximum absolute atomic E-state index is 13.3. The molecular formula is C15H23FN2O3. The van der Waals surface area contributed by atoms with Crippen LogP contribution >= 0.6 is 0 Å². The van der Waals surface area contributed by atoms with Crippen LogP contribution in [0.2, 0.25) is 0 Å². The molecule has 0 aromatic heterocycles. The van der Waals surface area contributed by atoms with Crippen molar-refractivity contribution in [2.75, 3.05) is 19.7 Å². The molecule has 0 saturated carbocycles. The molecule has 0 radical (unpaired) electrons. The third kappa shape index (κ3) is 6.66. The van der Waals surface area contributed by atoms with Crippen LogP contribution in [0.25, 0.3) is 0 Å². The van der Waals surface area contributed by atoms with Crippen LogP contribution in [0.1, 0.15) is 19.4 Å². The van der Waals surface area contributed by atoms with Gasteiger partial charge in [-0.25, -0.2) is 4.39 Å². The highest BCUT2D eigenvalue weighted by Crippen LogP contribution is 2.07. The Morgan fingerprint density at radius 1 is 1.43 bits per heavy atom. The summed E-state index contributed by atoms with van der Waals surface area (Å²) in [5, 5.41) is 15.3. The first kappa shape index (κ1) is 17.6. The Bertz CT molecular complexity index is 443. The smallest absolute Gasteiger partial charge is 0.236 e. The predicted octanol–water partition coefficient (Wildman–Crippen LogP) is 0.817. The molecule has 21 heavy (non-hydrogen) atoms. The lowest BCUT2D eigenvalue weighted by atomic mass is 10.2. The van der Waals surface area contributed by atoms with Crippen molar-refractivity contribution in [3.05, 3.63) is 35.6 Å². The summed E-state index contributed by atoms with van der Waals surface area (Å²) >= 11 is 0. The third-order valence-corrected chi connectivity index (χ3v) is 2.93. The van der Waals surface area contributed by atoms with Crippen LogP contribution in [0.4, 0.5) is 4.39 Å². The first-order valence-corrected chi connectivity index (χ1v) is 7.04. The van der Waals surface area contributed by atoms with Gasteiger partial charge in [0, 0.05) is 18.7 Å². The number of benzene rings is 1. The molecule has 1 aromatic carbocycles. The number of nitrogens with one attached hydrogen (secondary N) is 2. The number of halogens is 1. The summed E-state index contributed by atoms with van der Waals surface area (Å²) in [5.74, 6) is -0.438. The lowest BCUT2D eigenvalue weighted by Crippen LogP contribution is -2.45. The van der Waals surface area contributed by atoms with Crippen LogP contribution in [-0.4, -0.2) is 42.9 Å². The lowest BCUT2D eigenvalue weighted by molar-refractivity contribution is -0.122. The number of likely N-dealkylation sites (N-methyl/N-ethyl adjacent to an activating group) is 1. The normalized spacial score (nSPS) is 13.7. The number of hydrogen-bond donors (Lipinski definition) is 3. The molecule has 0 aliphatic heterocycles. The van der Waals surface area contributed by atoms with Crippen LogP contribution < -0.4 is 10.6 Å². The van der Waals surface area contributed by atoms with Crippen molar-refractivity contribution in [1.29, 1.82) is 0 Å². The minimum Gasteiger partial charge on any atom is -0.389 e. The van der Waals surface area contributed by atoms with Crippen molar-refractivity contribution in [2.45, 2.75) is 32.6 Å². The van der Waals surface area contributed by atoms with Gasteiger partial charge in [0.1, 0.15) is 5.82 Å². The molecule has 0 aliphatic carbocycles. The lowest BCUT2D eigenvalue weighted by Gasteiger charge is -2.16. The molecule has 118 valence electrons. The van der Waals surface area contributed by atoms with Crippen LogP contribution in [0, 0.1) is 5.82 Å². The molecule has 0 heterocycles. The highest BCUT2D eigenvalue weighted by molar-refractivity contribution is 5.81. The zero-order chi connectivity index (χ0) is 15.7. The standard InChI is InChI=1S/C15H23FN2O3/c1-3-17-15(20)11(2)18-8-13(19)10-21-9-12-6-4-5-7-14(12)16/h4-7,11,13,18-19H,3,8-10H2,1-2H3,(H,17,20). The van der Waals surface area contributed by atoms with E-state index in [1.54, 1.807) is 25.1 Å². The predicted molar refractivity (Wildman–Crippen MR) is 78.2 cm³/mol. The summed E-state index contributed by atoms with van der Waals surface area (Å²) < 4.78 is 18.6. The Balaban J connectivity index is 2.21. The van der Waals surface area contributed by atoms with Crippen LogP contribution in [0.15, 0.2) is 24.3 Å². The Morgan fingerprint density at radius 2 is 2.14 bits per heavy atom. The fraction of sp³-hybridized carbons (Fsp3) is 0.533. The number of aliphatic hydroxyl groups excluding tert-OH is 1. The van der Waals surface area contributed by atoms with Gasteiger partial charge < -0.3 is 20.5 Å². The molecule has 3 N–H and O–H groups in total. The summed E-state index contributed by atoms with van der Waals surface area (Å²) in [6.07, 6.45) is -0.756. The third-order valence-electron chi connectivity index (χ3n) is 2.93. The first-order chi connectivity index (χ1) is 10.0. The van der Waals surface area contributed by atoms with E-state index in [0.29, 0.717) is 12.1 Å². The van der Waals surface area contributed by atoms with E-state index in [4.69, 9.17) is 4.74 Å². The van der Waals surface area contributed by atoms with Gasteiger partial charge in [0.05, 0.1) is 25.4 Å². The average molecular weight is 298 g/mol. The Morgan fingerprint density at radius 3 is 2.81 bits per heavy atom. The van der Waals surface area contributed by atoms with E-state index in [9.17, 15) is 14.3 Å². The number of aliphatic hydroxyl groups is 1. The van der Waals surface area contributed by atoms with E-state index in [1.165, 1.54) is 6.07 Å². The van der Waals surface area contributed by atoms with Gasteiger partial charge in [-0.15, -0.1) is 0 Å². The van der Waals surface area contributed by atoms with Gasteiger partial charge in [0.2, 0.25) is 5.91 Å². The number of ether oxygens (including phenoxy) is 1. The molecule has 0 saturated heterocycles. The zero-order valence-corrected chi connectivity index (χ0v) is 12.4. The van der Waals surface area contributed by atoms with Crippen molar-refractivity contribution in [1.82, 2.24) is 10.6 Å². The van der Waals surface area contributed by atoms with Gasteiger partial charge in [-0.3, -0.25) is 4.79 Å². The SMILES string of the molecule is CCNC(=O)C(C)NCC(O)COCc1ccccc1F. The van der Waals surface area contributed by atoms with Gasteiger partial charge in [-0.05, 0) is 19.9 Å². The number of amides is 1. The van der Waals surface area contributed by atoms with Gasteiger partial charge >= 0.3 is 0 Å². The highest BCUT2D eigenvalue weighted by atomic mass is 19.1. The van der Waals surface area contributed by atoms with Gasteiger partial charge in [-0.1, -0.05) is 18.2 Å². The minimum absolute atomic E-state index is 0.0729. The monoisotopic (exact) mass is 298 g/mol. The maximum Gasteiger partial charge on any atom is 0.236 e. The van der Waals surface area contributed by atoms with E-state index >= 15 is 0 Å². The van der Waals surface area contributed by atoms with Crippen molar-refractivity contribution in [3.8, 4) is 0 Å². The summed E-state index contributed by atoms with van der Waals surface area (Å²) in [4.78, 5) is 11.5. The molecular weight excluding hydrogens is 275 g/mol. The highest BCUT2D eigenvalue weighted by Gasteiger charge is 2.13. The van der Waals surface area contributed by atoms with E-state index in [-0.39, 0.29) is 37.5 Å². The van der Waals surface area contributed by atoms with Crippen molar-refractivity contribution in [3.63, 3.8) is 0 Å². The number of hydrogen-bond acceptors (Lipinski definition) is 4. The summed E-state index contributed by atoms with van der Waals surface area (Å²) in [7, 11) is 0. The van der Waals surface area contributed by atoms with Crippen LogP contribution in [0.5, 0.6) is 0 Å². The quantitative estimate of drug-likeness (QED) is 0.631. The first-order valence-electron chi connectivity index (χ1n) is 7.04. The summed E-state index contributed by atoms with van der Waals surface area (Å²) in [6.45, 7) is 4.54. The van der Waals surface area contributed by atoms with Crippen LogP contribution in [0.3, 0.4) is 0 Å². The van der Waals surface area contributed by atoms with Crippen molar-refractivity contribution < 1.29 is 19.0 Å². The van der Waals surface area contributed by atoms with E-state index in [2.05, 4.69) is 10.6 Å². The number of carbonyl (C=O) groups excluding carboxylic acids is 1. The van der Waals surface area contributed by atoms with Gasteiger partial charge in [-0.2, -0.15) is 0 Å². The Labute approximate surface area is 124 Å². The molecule has 0 aliphatic rings. The molecule has 2 unspecified atom stereocenters. The molecule has 6 heteroatoms. The molecule has 0 bridgehead atoms. The van der Waals surface area contributed by atoms with Crippen molar-refractivity contribution >= 4 is 5.91 Å². The Hall–Kier alpha value is -1.50. The second-order valence-electron chi connectivity index (χ2n) is 4.78. The van der Waals surface area contributed by atoms with E-state index < -0.39 is 6.10 Å². The second-order valence-corrected chi connectivity index (χ2v) is 4.78.